The van der Waals surface area contributed by atoms with E-state index in [0.717, 1.165) is 16.3 Å². The van der Waals surface area contributed by atoms with Gasteiger partial charge in [0.2, 0.25) is 15.9 Å². The van der Waals surface area contributed by atoms with Gasteiger partial charge in [-0.2, -0.15) is 0 Å². The SMILES string of the molecule is CN(Cc1csc(-c2ccccc2)n1)C(=O)CCCS(N)(=O)=O. The van der Waals surface area contributed by atoms with E-state index in [1.807, 2.05) is 35.7 Å². The van der Waals surface area contributed by atoms with E-state index in [2.05, 4.69) is 4.98 Å². The number of carbonyl (C=O) groups excluding carboxylic acids is 1. The number of nitrogens with zero attached hydrogens (tertiary/aromatic N) is 2. The third-order valence-electron chi connectivity index (χ3n) is 3.22. The van der Waals surface area contributed by atoms with Crippen molar-refractivity contribution < 1.29 is 13.2 Å². The lowest BCUT2D eigenvalue weighted by Gasteiger charge is -2.15. The number of nitrogens with two attached hydrogens (primary N) is 1. The molecular formula is C15H19N3O3S2. The number of sulfonamides is 1. The van der Waals surface area contributed by atoms with Crippen LogP contribution in [0.2, 0.25) is 0 Å². The van der Waals surface area contributed by atoms with Crippen molar-refractivity contribution >= 4 is 27.3 Å². The van der Waals surface area contributed by atoms with Crippen LogP contribution in [0.5, 0.6) is 0 Å². The number of amides is 1. The van der Waals surface area contributed by atoms with E-state index in [-0.39, 0.29) is 24.5 Å². The number of rotatable bonds is 7. The summed E-state index contributed by atoms with van der Waals surface area (Å²) < 4.78 is 21.7. The van der Waals surface area contributed by atoms with Crippen LogP contribution in [0.25, 0.3) is 10.6 Å². The fraction of sp³-hybridized carbons (Fsp3) is 0.333. The number of primary sulfonamides is 1. The minimum atomic E-state index is -3.51. The van der Waals surface area contributed by atoms with Crippen LogP contribution in [-0.2, 0) is 21.4 Å². The summed E-state index contributed by atoms with van der Waals surface area (Å²) in [4.78, 5) is 18.1. The molecule has 1 aromatic carbocycles. The van der Waals surface area contributed by atoms with Gasteiger partial charge in [-0.1, -0.05) is 30.3 Å². The van der Waals surface area contributed by atoms with E-state index in [0.29, 0.717) is 6.54 Å². The Morgan fingerprint density at radius 1 is 1.30 bits per heavy atom. The normalized spacial score (nSPS) is 11.4. The molecule has 0 spiro atoms. The summed E-state index contributed by atoms with van der Waals surface area (Å²) in [5.41, 5.74) is 1.86. The second kappa shape index (κ2) is 7.67. The number of carbonyl (C=O) groups is 1. The van der Waals surface area contributed by atoms with Crippen LogP contribution in [0.15, 0.2) is 35.7 Å². The molecule has 0 fully saturated rings. The van der Waals surface area contributed by atoms with Gasteiger partial charge in [0.05, 0.1) is 18.0 Å². The van der Waals surface area contributed by atoms with E-state index < -0.39 is 10.0 Å². The number of aromatic nitrogens is 1. The first kappa shape index (κ1) is 17.6. The third kappa shape index (κ3) is 5.74. The molecule has 0 atom stereocenters. The fourth-order valence-corrected chi connectivity index (χ4v) is 3.40. The van der Waals surface area contributed by atoms with Crippen molar-refractivity contribution in [1.29, 1.82) is 0 Å². The predicted molar refractivity (Wildman–Crippen MR) is 91.2 cm³/mol. The van der Waals surface area contributed by atoms with Crippen LogP contribution in [0, 0.1) is 0 Å². The highest BCUT2D eigenvalue weighted by Crippen LogP contribution is 2.23. The van der Waals surface area contributed by atoms with Crippen molar-refractivity contribution in [1.82, 2.24) is 9.88 Å². The van der Waals surface area contributed by atoms with Crippen molar-refractivity contribution in [2.45, 2.75) is 19.4 Å². The molecule has 1 amide bonds. The van der Waals surface area contributed by atoms with Crippen molar-refractivity contribution in [3.05, 3.63) is 41.4 Å². The van der Waals surface area contributed by atoms with Crippen LogP contribution >= 0.6 is 11.3 Å². The van der Waals surface area contributed by atoms with Gasteiger partial charge in [-0.3, -0.25) is 4.79 Å². The third-order valence-corrected chi connectivity index (χ3v) is 5.01. The highest BCUT2D eigenvalue weighted by atomic mass is 32.2. The van der Waals surface area contributed by atoms with Gasteiger partial charge < -0.3 is 4.90 Å². The maximum atomic E-state index is 12.0. The smallest absolute Gasteiger partial charge is 0.222 e. The molecule has 0 aliphatic heterocycles. The average molecular weight is 353 g/mol. The largest absolute Gasteiger partial charge is 0.340 e. The Kier molecular flexibility index (Phi) is 5.86. The lowest BCUT2D eigenvalue weighted by Crippen LogP contribution is -2.27. The summed E-state index contributed by atoms with van der Waals surface area (Å²) in [7, 11) is -1.83. The molecule has 8 heteroatoms. The van der Waals surface area contributed by atoms with Gasteiger partial charge in [0.25, 0.3) is 0 Å². The van der Waals surface area contributed by atoms with E-state index in [1.165, 1.54) is 11.3 Å². The number of hydrogen-bond donors (Lipinski definition) is 1. The summed E-state index contributed by atoms with van der Waals surface area (Å²) in [6.07, 6.45) is 0.386. The molecule has 0 radical (unpaired) electrons. The Balaban J connectivity index is 1.89. The first-order valence-corrected chi connectivity index (χ1v) is 9.69. The molecule has 1 aromatic heterocycles. The van der Waals surface area contributed by atoms with Gasteiger partial charge in [0.15, 0.2) is 0 Å². The number of hydrogen-bond acceptors (Lipinski definition) is 5. The van der Waals surface area contributed by atoms with E-state index in [1.54, 1.807) is 11.9 Å². The molecule has 0 unspecified atom stereocenters. The first-order chi connectivity index (χ1) is 10.8. The zero-order valence-corrected chi connectivity index (χ0v) is 14.4. The topological polar surface area (TPSA) is 93.4 Å². The molecule has 6 nitrogen and oxygen atoms in total. The number of thiazole rings is 1. The lowest BCUT2D eigenvalue weighted by molar-refractivity contribution is -0.130. The quantitative estimate of drug-likeness (QED) is 0.822. The first-order valence-electron chi connectivity index (χ1n) is 7.09. The van der Waals surface area contributed by atoms with Crippen LogP contribution in [0.1, 0.15) is 18.5 Å². The molecule has 0 bridgehead atoms. The van der Waals surface area contributed by atoms with Gasteiger partial charge in [0, 0.05) is 24.4 Å². The molecule has 0 saturated heterocycles. The van der Waals surface area contributed by atoms with Gasteiger partial charge in [-0.15, -0.1) is 11.3 Å². The maximum Gasteiger partial charge on any atom is 0.222 e. The van der Waals surface area contributed by atoms with Crippen LogP contribution < -0.4 is 5.14 Å². The van der Waals surface area contributed by atoms with Crippen molar-refractivity contribution in [3.8, 4) is 10.6 Å². The van der Waals surface area contributed by atoms with Gasteiger partial charge in [-0.05, 0) is 6.42 Å². The minimum Gasteiger partial charge on any atom is -0.340 e. The molecule has 2 aromatic rings. The highest BCUT2D eigenvalue weighted by molar-refractivity contribution is 7.89. The van der Waals surface area contributed by atoms with Crippen LogP contribution in [0.4, 0.5) is 0 Å². The highest BCUT2D eigenvalue weighted by Gasteiger charge is 2.13. The van der Waals surface area contributed by atoms with Gasteiger partial charge in [-0.25, -0.2) is 18.5 Å². The molecule has 0 aliphatic carbocycles. The fourth-order valence-electron chi connectivity index (χ4n) is 2.04. The summed E-state index contributed by atoms with van der Waals surface area (Å²) >= 11 is 1.53. The predicted octanol–water partition coefficient (Wildman–Crippen LogP) is 1.84. The van der Waals surface area contributed by atoms with E-state index in [9.17, 15) is 13.2 Å². The summed E-state index contributed by atoms with van der Waals surface area (Å²) in [5, 5.41) is 7.76. The van der Waals surface area contributed by atoms with Crippen LogP contribution in [0.3, 0.4) is 0 Å². The van der Waals surface area contributed by atoms with E-state index in [4.69, 9.17) is 5.14 Å². The maximum absolute atomic E-state index is 12.0. The minimum absolute atomic E-state index is 0.122. The summed E-state index contributed by atoms with van der Waals surface area (Å²) in [6, 6.07) is 9.84. The monoisotopic (exact) mass is 353 g/mol. The summed E-state index contributed by atoms with van der Waals surface area (Å²) in [6.45, 7) is 0.400. The second-order valence-corrected chi connectivity index (χ2v) is 7.82. The Bertz CT molecular complexity index is 757. The standard InChI is InChI=1S/C15H19N3O3S2/c1-18(14(19)8-5-9-23(16,20)21)10-13-11-22-15(17-13)12-6-3-2-4-7-12/h2-4,6-7,11H,5,8-10H2,1H3,(H2,16,20,21). The second-order valence-electron chi connectivity index (χ2n) is 5.23. The Hall–Kier alpha value is -1.77. The molecule has 0 aliphatic rings. The Labute approximate surface area is 140 Å². The van der Waals surface area contributed by atoms with Crippen LogP contribution in [-0.4, -0.2) is 37.0 Å². The molecular weight excluding hydrogens is 334 g/mol. The van der Waals surface area contributed by atoms with Crippen molar-refractivity contribution in [2.75, 3.05) is 12.8 Å². The zero-order chi connectivity index (χ0) is 16.9. The molecule has 1 heterocycles. The van der Waals surface area contributed by atoms with E-state index >= 15 is 0 Å². The van der Waals surface area contributed by atoms with Crippen molar-refractivity contribution in [3.63, 3.8) is 0 Å². The lowest BCUT2D eigenvalue weighted by atomic mass is 10.2. The molecule has 2 rings (SSSR count). The molecule has 23 heavy (non-hydrogen) atoms. The van der Waals surface area contributed by atoms with Gasteiger partial charge >= 0.3 is 0 Å². The van der Waals surface area contributed by atoms with Crippen molar-refractivity contribution in [2.24, 2.45) is 5.14 Å². The molecule has 2 N–H and O–H groups in total. The summed E-state index contributed by atoms with van der Waals surface area (Å²) in [5.74, 6) is -0.301. The van der Waals surface area contributed by atoms with Gasteiger partial charge in [0.1, 0.15) is 5.01 Å². The molecule has 0 saturated carbocycles. The zero-order valence-electron chi connectivity index (χ0n) is 12.8. The molecule has 124 valence electrons. The Morgan fingerprint density at radius 3 is 2.65 bits per heavy atom. The average Bonchev–Trinajstić information content (AvgIpc) is 2.95. The number of benzene rings is 1. The Morgan fingerprint density at radius 2 is 2.00 bits per heavy atom.